The molecule has 0 bridgehead atoms. The summed E-state index contributed by atoms with van der Waals surface area (Å²) in [6.45, 7) is 1.71. The fraction of sp³-hybridized carbons (Fsp3) is 0.333. The van der Waals surface area contributed by atoms with E-state index in [1.165, 1.54) is 5.56 Å². The lowest BCUT2D eigenvalue weighted by molar-refractivity contribution is -0.134. The second-order valence-electron chi connectivity index (χ2n) is 8.69. The standard InChI is InChI=1S/C27H29N3O5/c1-32-21-8-6-18(7-9-21)22-15-23(24-5-4-12-35-24)30(28-22)27(31)17-29-11-10-19-13-25(33-2)26(34-3)14-20(19)16-29/h4-9,12-14,23H,10-11,15-17H2,1-3H3/t23-/m1/s1. The Morgan fingerprint density at radius 3 is 2.43 bits per heavy atom. The van der Waals surface area contributed by atoms with Crippen LogP contribution in [-0.4, -0.2) is 55.9 Å². The first-order valence-corrected chi connectivity index (χ1v) is 11.6. The fourth-order valence-electron chi connectivity index (χ4n) is 4.74. The molecule has 8 nitrogen and oxygen atoms in total. The van der Waals surface area contributed by atoms with Gasteiger partial charge in [-0.2, -0.15) is 5.10 Å². The van der Waals surface area contributed by atoms with Crippen LogP contribution in [0.15, 0.2) is 64.3 Å². The Labute approximate surface area is 204 Å². The van der Waals surface area contributed by atoms with Crippen LogP contribution in [0.2, 0.25) is 0 Å². The lowest BCUT2D eigenvalue weighted by Gasteiger charge is -2.30. The van der Waals surface area contributed by atoms with Crippen molar-refractivity contribution in [1.82, 2.24) is 9.91 Å². The largest absolute Gasteiger partial charge is 0.497 e. The molecule has 1 atom stereocenters. The van der Waals surface area contributed by atoms with Crippen LogP contribution in [0.25, 0.3) is 0 Å². The van der Waals surface area contributed by atoms with Gasteiger partial charge < -0.3 is 18.6 Å². The van der Waals surface area contributed by atoms with Gasteiger partial charge in [0.05, 0.1) is 39.8 Å². The zero-order chi connectivity index (χ0) is 24.4. The third-order valence-corrected chi connectivity index (χ3v) is 6.62. The van der Waals surface area contributed by atoms with E-state index < -0.39 is 0 Å². The van der Waals surface area contributed by atoms with Crippen molar-refractivity contribution in [3.05, 3.63) is 77.2 Å². The maximum Gasteiger partial charge on any atom is 0.257 e. The molecule has 3 heterocycles. The van der Waals surface area contributed by atoms with E-state index in [9.17, 15) is 4.79 Å². The predicted octanol–water partition coefficient (Wildman–Crippen LogP) is 4.04. The number of nitrogens with zero attached hydrogens (tertiary/aromatic N) is 3. The molecule has 182 valence electrons. The van der Waals surface area contributed by atoms with E-state index in [1.54, 1.807) is 32.6 Å². The second-order valence-corrected chi connectivity index (χ2v) is 8.69. The number of carbonyl (C=O) groups excluding carboxylic acids is 1. The second kappa shape index (κ2) is 9.84. The Bertz CT molecular complexity index is 1220. The molecular formula is C27H29N3O5. The van der Waals surface area contributed by atoms with Gasteiger partial charge in [0, 0.05) is 19.5 Å². The van der Waals surface area contributed by atoms with Gasteiger partial charge in [-0.3, -0.25) is 9.69 Å². The normalized spacial score (nSPS) is 17.6. The van der Waals surface area contributed by atoms with E-state index in [4.69, 9.17) is 23.7 Å². The minimum atomic E-state index is -0.268. The summed E-state index contributed by atoms with van der Waals surface area (Å²) in [5.41, 5.74) is 4.18. The van der Waals surface area contributed by atoms with Gasteiger partial charge in [0.1, 0.15) is 17.6 Å². The molecule has 8 heteroatoms. The van der Waals surface area contributed by atoms with Crippen molar-refractivity contribution < 1.29 is 23.4 Å². The van der Waals surface area contributed by atoms with Gasteiger partial charge in [-0.25, -0.2) is 5.01 Å². The molecule has 0 saturated carbocycles. The molecule has 0 unspecified atom stereocenters. The predicted molar refractivity (Wildman–Crippen MR) is 131 cm³/mol. The summed E-state index contributed by atoms with van der Waals surface area (Å²) in [7, 11) is 4.92. The number of fused-ring (bicyclic) bond motifs is 1. The molecule has 5 rings (SSSR count). The zero-order valence-corrected chi connectivity index (χ0v) is 20.2. The van der Waals surface area contributed by atoms with Crippen LogP contribution < -0.4 is 14.2 Å². The third-order valence-electron chi connectivity index (χ3n) is 6.62. The number of benzene rings is 2. The number of furan rings is 1. The summed E-state index contributed by atoms with van der Waals surface area (Å²) in [6, 6.07) is 15.2. The van der Waals surface area contributed by atoms with Crippen molar-refractivity contribution in [3.63, 3.8) is 0 Å². The van der Waals surface area contributed by atoms with Crippen LogP contribution in [0, 0.1) is 0 Å². The molecule has 0 fully saturated rings. The third kappa shape index (κ3) is 4.61. The van der Waals surface area contributed by atoms with Crippen LogP contribution in [0.4, 0.5) is 0 Å². The molecule has 2 aliphatic heterocycles. The molecule has 0 radical (unpaired) electrons. The summed E-state index contributed by atoms with van der Waals surface area (Å²) < 4.78 is 21.9. The van der Waals surface area contributed by atoms with Crippen molar-refractivity contribution in [2.75, 3.05) is 34.4 Å². The number of hydrogen-bond donors (Lipinski definition) is 0. The summed E-state index contributed by atoms with van der Waals surface area (Å²) in [6.07, 6.45) is 3.06. The van der Waals surface area contributed by atoms with Gasteiger partial charge in [-0.15, -0.1) is 0 Å². The summed E-state index contributed by atoms with van der Waals surface area (Å²) in [4.78, 5) is 15.7. The number of hydrazone groups is 1. The summed E-state index contributed by atoms with van der Waals surface area (Å²) >= 11 is 0. The lowest BCUT2D eigenvalue weighted by atomic mass is 9.98. The Morgan fingerprint density at radius 2 is 1.77 bits per heavy atom. The molecule has 1 aromatic heterocycles. The van der Waals surface area contributed by atoms with Crippen molar-refractivity contribution in [2.24, 2.45) is 5.10 Å². The van der Waals surface area contributed by atoms with Gasteiger partial charge in [-0.1, -0.05) is 0 Å². The summed E-state index contributed by atoms with van der Waals surface area (Å²) in [5, 5.41) is 6.33. The van der Waals surface area contributed by atoms with Gasteiger partial charge >= 0.3 is 0 Å². The monoisotopic (exact) mass is 475 g/mol. The van der Waals surface area contributed by atoms with Crippen LogP contribution in [0.3, 0.4) is 0 Å². The number of methoxy groups -OCH3 is 3. The van der Waals surface area contributed by atoms with E-state index in [1.807, 2.05) is 48.5 Å². The van der Waals surface area contributed by atoms with Crippen LogP contribution in [0.5, 0.6) is 17.2 Å². The molecule has 2 aromatic carbocycles. The van der Waals surface area contributed by atoms with E-state index in [-0.39, 0.29) is 18.5 Å². The van der Waals surface area contributed by atoms with E-state index >= 15 is 0 Å². The minimum Gasteiger partial charge on any atom is -0.497 e. The molecule has 3 aromatic rings. The smallest absolute Gasteiger partial charge is 0.257 e. The Kier molecular flexibility index (Phi) is 6.46. The van der Waals surface area contributed by atoms with Crippen LogP contribution in [0.1, 0.15) is 34.9 Å². The number of carbonyl (C=O) groups is 1. The van der Waals surface area contributed by atoms with E-state index in [2.05, 4.69) is 4.90 Å². The fourth-order valence-corrected chi connectivity index (χ4v) is 4.74. The lowest BCUT2D eigenvalue weighted by Crippen LogP contribution is -2.40. The average molecular weight is 476 g/mol. The Morgan fingerprint density at radius 1 is 1.03 bits per heavy atom. The minimum absolute atomic E-state index is 0.0566. The highest BCUT2D eigenvalue weighted by Crippen LogP contribution is 2.35. The Balaban J connectivity index is 1.35. The zero-order valence-electron chi connectivity index (χ0n) is 20.2. The van der Waals surface area contributed by atoms with Crippen molar-refractivity contribution in [2.45, 2.75) is 25.4 Å². The van der Waals surface area contributed by atoms with Crippen LogP contribution >= 0.6 is 0 Å². The molecule has 2 aliphatic rings. The van der Waals surface area contributed by atoms with E-state index in [0.717, 1.165) is 47.1 Å². The van der Waals surface area contributed by atoms with Gasteiger partial charge in [0.2, 0.25) is 0 Å². The first kappa shape index (κ1) is 23.0. The molecule has 0 spiro atoms. The number of ether oxygens (including phenoxy) is 3. The first-order valence-electron chi connectivity index (χ1n) is 11.6. The molecule has 0 saturated heterocycles. The molecular weight excluding hydrogens is 446 g/mol. The molecule has 1 amide bonds. The highest BCUT2D eigenvalue weighted by atomic mass is 16.5. The highest BCUT2D eigenvalue weighted by Gasteiger charge is 2.35. The molecule has 0 aliphatic carbocycles. The Hall–Kier alpha value is -3.78. The number of amides is 1. The number of rotatable bonds is 7. The maximum absolute atomic E-state index is 13.5. The van der Waals surface area contributed by atoms with Gasteiger partial charge in [0.15, 0.2) is 11.5 Å². The van der Waals surface area contributed by atoms with E-state index in [0.29, 0.717) is 18.7 Å². The summed E-state index contributed by atoms with van der Waals surface area (Å²) in [5.74, 6) is 2.88. The van der Waals surface area contributed by atoms with Crippen LogP contribution in [-0.2, 0) is 17.8 Å². The average Bonchev–Trinajstić information content (AvgIpc) is 3.58. The molecule has 35 heavy (non-hydrogen) atoms. The number of hydrogen-bond acceptors (Lipinski definition) is 7. The van der Waals surface area contributed by atoms with Crippen molar-refractivity contribution in [1.29, 1.82) is 0 Å². The maximum atomic E-state index is 13.5. The first-order chi connectivity index (χ1) is 17.1. The highest BCUT2D eigenvalue weighted by molar-refractivity contribution is 6.03. The topological polar surface area (TPSA) is 76.7 Å². The van der Waals surface area contributed by atoms with Crippen molar-refractivity contribution in [3.8, 4) is 17.2 Å². The molecule has 0 N–H and O–H groups in total. The van der Waals surface area contributed by atoms with Gasteiger partial charge in [-0.05, 0) is 71.6 Å². The van der Waals surface area contributed by atoms with Crippen molar-refractivity contribution >= 4 is 11.6 Å². The quantitative estimate of drug-likeness (QED) is 0.513. The van der Waals surface area contributed by atoms with Gasteiger partial charge in [0.25, 0.3) is 5.91 Å². The SMILES string of the molecule is COc1ccc(C2=NN(C(=O)CN3CCc4cc(OC)c(OC)cc4C3)[C@@H](c3ccco3)C2)cc1.